The fraction of sp³-hybridized carbons (Fsp3) is 0.875. The van der Waals surface area contributed by atoms with Crippen LogP contribution in [0.2, 0.25) is 0 Å². The lowest BCUT2D eigenvalue weighted by Gasteiger charge is -2.13. The fourth-order valence-electron chi connectivity index (χ4n) is 1.23. The predicted molar refractivity (Wildman–Crippen MR) is 58.1 cm³/mol. The summed E-state index contributed by atoms with van der Waals surface area (Å²) in [4.78, 5) is 1.99. The number of rotatable bonds is 5. The molecule has 1 heterocycles. The second-order valence-electron chi connectivity index (χ2n) is 3.49. The third kappa shape index (κ3) is 4.15. The zero-order valence-corrected chi connectivity index (χ0v) is 10.3. The lowest BCUT2D eigenvalue weighted by molar-refractivity contribution is 0.505. The number of aromatic nitrogens is 4. The smallest absolute Gasteiger partial charge is 0.188 e. The van der Waals surface area contributed by atoms with Gasteiger partial charge in [0.05, 0.1) is 13.6 Å². The van der Waals surface area contributed by atoms with E-state index in [1.54, 1.807) is 7.05 Å². The highest BCUT2D eigenvalue weighted by Crippen LogP contribution is 2.06. The van der Waals surface area contributed by atoms with Crippen molar-refractivity contribution in [3.05, 3.63) is 5.82 Å². The van der Waals surface area contributed by atoms with Crippen molar-refractivity contribution in [1.82, 2.24) is 25.5 Å². The topological polar surface area (TPSA) is 55.6 Å². The monoisotopic (exact) mass is 261 g/mol. The van der Waals surface area contributed by atoms with Crippen LogP contribution in [-0.2, 0) is 13.6 Å². The van der Waals surface area contributed by atoms with Crippen molar-refractivity contribution >= 4 is 15.9 Å². The molecule has 0 fully saturated rings. The summed E-state index contributed by atoms with van der Waals surface area (Å²) in [6.45, 7) is 4.96. The van der Waals surface area contributed by atoms with Crippen molar-refractivity contribution in [2.45, 2.75) is 37.7 Å². The van der Waals surface area contributed by atoms with Gasteiger partial charge in [-0.25, -0.2) is 0 Å². The van der Waals surface area contributed by atoms with Gasteiger partial charge in [0.2, 0.25) is 0 Å². The Morgan fingerprint density at radius 1 is 1.50 bits per heavy atom. The maximum atomic E-state index is 4.08. The second kappa shape index (κ2) is 5.41. The molecule has 0 saturated carbocycles. The highest BCUT2D eigenvalue weighted by molar-refractivity contribution is 9.09. The van der Waals surface area contributed by atoms with Crippen molar-refractivity contribution in [3.8, 4) is 0 Å². The zero-order valence-electron chi connectivity index (χ0n) is 8.74. The van der Waals surface area contributed by atoms with Crippen LogP contribution in [0.3, 0.4) is 0 Å². The minimum Gasteiger partial charge on any atom is -0.307 e. The lowest BCUT2D eigenvalue weighted by Crippen LogP contribution is -2.27. The van der Waals surface area contributed by atoms with Crippen molar-refractivity contribution in [2.75, 3.05) is 0 Å². The van der Waals surface area contributed by atoms with Gasteiger partial charge in [0.25, 0.3) is 0 Å². The number of halogens is 1. The summed E-state index contributed by atoms with van der Waals surface area (Å²) in [5, 5.41) is 15.1. The fourth-order valence-corrected chi connectivity index (χ4v) is 1.79. The summed E-state index contributed by atoms with van der Waals surface area (Å²) >= 11 is 3.52. The Labute approximate surface area is 92.4 Å². The van der Waals surface area contributed by atoms with E-state index in [0.717, 1.165) is 12.2 Å². The first kappa shape index (κ1) is 11.6. The van der Waals surface area contributed by atoms with Gasteiger partial charge < -0.3 is 5.32 Å². The summed E-state index contributed by atoms with van der Waals surface area (Å²) < 4.78 is 0. The number of alkyl halides is 1. The Kier molecular flexibility index (Phi) is 4.47. The van der Waals surface area contributed by atoms with Crippen LogP contribution < -0.4 is 5.32 Å². The molecule has 6 heteroatoms. The summed E-state index contributed by atoms with van der Waals surface area (Å²) in [5.74, 6) is 0.738. The first-order chi connectivity index (χ1) is 6.58. The molecule has 14 heavy (non-hydrogen) atoms. The van der Waals surface area contributed by atoms with Gasteiger partial charge in [-0.1, -0.05) is 22.9 Å². The van der Waals surface area contributed by atoms with E-state index in [9.17, 15) is 0 Å². The summed E-state index contributed by atoms with van der Waals surface area (Å²) in [7, 11) is 1.76. The van der Waals surface area contributed by atoms with E-state index < -0.39 is 0 Å². The van der Waals surface area contributed by atoms with E-state index in [1.807, 2.05) is 0 Å². The van der Waals surface area contributed by atoms with Gasteiger partial charge in [-0.3, -0.25) is 0 Å². The quantitative estimate of drug-likeness (QED) is 0.800. The van der Waals surface area contributed by atoms with Gasteiger partial charge in [0, 0.05) is 10.9 Å². The van der Waals surface area contributed by atoms with E-state index in [0.29, 0.717) is 17.4 Å². The van der Waals surface area contributed by atoms with E-state index >= 15 is 0 Å². The van der Waals surface area contributed by atoms with Crippen molar-refractivity contribution < 1.29 is 0 Å². The minimum atomic E-state index is 0.452. The molecule has 1 rings (SSSR count). The van der Waals surface area contributed by atoms with E-state index in [2.05, 4.69) is 50.5 Å². The molecule has 1 N–H and O–H groups in total. The Bertz CT molecular complexity index is 272. The van der Waals surface area contributed by atoms with Crippen LogP contribution in [0.4, 0.5) is 0 Å². The molecule has 0 aromatic carbocycles. The lowest BCUT2D eigenvalue weighted by atomic mass is 10.2. The SMILES string of the molecule is CC(Br)CC(C)NCc1nnn(C)n1. The Morgan fingerprint density at radius 3 is 2.71 bits per heavy atom. The van der Waals surface area contributed by atoms with E-state index in [4.69, 9.17) is 0 Å². The average Bonchev–Trinajstić information content (AvgIpc) is 2.47. The third-order valence-electron chi connectivity index (χ3n) is 1.84. The number of hydrogen-bond donors (Lipinski definition) is 1. The minimum absolute atomic E-state index is 0.452. The molecular formula is C8H16BrN5. The summed E-state index contributed by atoms with van der Waals surface area (Å²) in [6, 6.07) is 0.452. The Balaban J connectivity index is 2.26. The maximum absolute atomic E-state index is 4.08. The Hall–Kier alpha value is -0.490. The highest BCUT2D eigenvalue weighted by atomic mass is 79.9. The van der Waals surface area contributed by atoms with Crippen LogP contribution >= 0.6 is 15.9 Å². The molecule has 2 unspecified atom stereocenters. The molecule has 5 nitrogen and oxygen atoms in total. The van der Waals surface area contributed by atoms with Crippen LogP contribution in [-0.4, -0.2) is 31.1 Å². The van der Waals surface area contributed by atoms with Gasteiger partial charge in [-0.15, -0.1) is 10.2 Å². The van der Waals surface area contributed by atoms with Crippen LogP contribution in [0.25, 0.3) is 0 Å². The number of tetrazole rings is 1. The average molecular weight is 262 g/mol. The molecule has 0 saturated heterocycles. The number of nitrogens with one attached hydrogen (secondary N) is 1. The first-order valence-corrected chi connectivity index (χ1v) is 5.60. The molecule has 0 aliphatic carbocycles. The molecule has 0 aliphatic rings. The Morgan fingerprint density at radius 2 is 2.21 bits per heavy atom. The largest absolute Gasteiger partial charge is 0.307 e. The maximum Gasteiger partial charge on any atom is 0.188 e. The van der Waals surface area contributed by atoms with E-state index in [-0.39, 0.29) is 0 Å². The molecule has 2 atom stereocenters. The summed E-state index contributed by atoms with van der Waals surface area (Å²) in [5.41, 5.74) is 0. The molecule has 1 aromatic rings. The first-order valence-electron chi connectivity index (χ1n) is 4.68. The number of nitrogens with zero attached hydrogens (tertiary/aromatic N) is 4. The molecule has 0 bridgehead atoms. The van der Waals surface area contributed by atoms with Gasteiger partial charge in [0.15, 0.2) is 5.82 Å². The van der Waals surface area contributed by atoms with Crippen LogP contribution in [0.15, 0.2) is 0 Å². The van der Waals surface area contributed by atoms with Gasteiger partial charge >= 0.3 is 0 Å². The summed E-state index contributed by atoms with van der Waals surface area (Å²) in [6.07, 6.45) is 1.08. The predicted octanol–water partition coefficient (Wildman–Crippen LogP) is 0.862. The number of hydrogen-bond acceptors (Lipinski definition) is 4. The van der Waals surface area contributed by atoms with Crippen LogP contribution in [0.1, 0.15) is 26.1 Å². The molecule has 0 radical (unpaired) electrons. The van der Waals surface area contributed by atoms with Crippen molar-refractivity contribution in [2.24, 2.45) is 7.05 Å². The standard InChI is InChI=1S/C8H16BrN5/c1-6(9)4-7(2)10-5-8-11-13-14(3)12-8/h6-7,10H,4-5H2,1-3H3. The van der Waals surface area contributed by atoms with Crippen molar-refractivity contribution in [3.63, 3.8) is 0 Å². The normalized spacial score (nSPS) is 15.4. The van der Waals surface area contributed by atoms with Crippen molar-refractivity contribution in [1.29, 1.82) is 0 Å². The van der Waals surface area contributed by atoms with Gasteiger partial charge in [0.1, 0.15) is 0 Å². The number of aryl methyl sites for hydroxylation is 1. The second-order valence-corrected chi connectivity index (χ2v) is 5.06. The molecular weight excluding hydrogens is 246 g/mol. The zero-order chi connectivity index (χ0) is 10.6. The van der Waals surface area contributed by atoms with Gasteiger partial charge in [-0.05, 0) is 18.6 Å². The molecule has 1 aromatic heterocycles. The van der Waals surface area contributed by atoms with Crippen LogP contribution in [0, 0.1) is 0 Å². The third-order valence-corrected chi connectivity index (χ3v) is 2.21. The molecule has 0 aliphatic heterocycles. The van der Waals surface area contributed by atoms with E-state index in [1.165, 1.54) is 4.80 Å². The van der Waals surface area contributed by atoms with Crippen LogP contribution in [0.5, 0.6) is 0 Å². The molecule has 0 spiro atoms. The van der Waals surface area contributed by atoms with Gasteiger partial charge in [-0.2, -0.15) is 4.80 Å². The molecule has 80 valence electrons. The highest BCUT2D eigenvalue weighted by Gasteiger charge is 2.07. The molecule has 0 amide bonds.